The number of fused-ring (bicyclic) bond motifs is 4. The molecule has 1 aliphatic rings. The zero-order chi connectivity index (χ0) is 28.2. The van der Waals surface area contributed by atoms with Crippen LogP contribution in [0.4, 0.5) is 13.6 Å². The molecule has 4 aromatic rings. The van der Waals surface area contributed by atoms with E-state index in [1.165, 1.54) is 16.8 Å². The third-order valence-electron chi connectivity index (χ3n) is 6.68. The van der Waals surface area contributed by atoms with E-state index in [0.717, 1.165) is 12.1 Å². The van der Waals surface area contributed by atoms with Crippen molar-refractivity contribution >= 4 is 33.7 Å². The molecule has 1 unspecified atom stereocenters. The van der Waals surface area contributed by atoms with Crippen LogP contribution >= 0.6 is 0 Å². The highest BCUT2D eigenvalue weighted by molar-refractivity contribution is 5.99. The van der Waals surface area contributed by atoms with Gasteiger partial charge in [0.1, 0.15) is 11.3 Å². The zero-order valence-electron chi connectivity index (χ0n) is 21.7. The number of benzene rings is 2. The number of nitriles is 1. The highest BCUT2D eigenvalue weighted by Gasteiger charge is 2.37. The molecule has 0 saturated carbocycles. The second-order valence-electron chi connectivity index (χ2n) is 10.5. The van der Waals surface area contributed by atoms with Crippen molar-refractivity contribution < 1.29 is 23.1 Å². The van der Waals surface area contributed by atoms with Crippen LogP contribution < -0.4 is 5.56 Å². The fourth-order valence-corrected chi connectivity index (χ4v) is 4.88. The van der Waals surface area contributed by atoms with Crippen molar-refractivity contribution in [1.82, 2.24) is 19.8 Å². The molecule has 0 bridgehead atoms. The number of amides is 2. The van der Waals surface area contributed by atoms with Gasteiger partial charge in [0, 0.05) is 35.8 Å². The lowest BCUT2D eigenvalue weighted by Crippen LogP contribution is -2.47. The van der Waals surface area contributed by atoms with Crippen molar-refractivity contribution in [2.75, 3.05) is 13.6 Å². The average molecular weight is 534 g/mol. The van der Waals surface area contributed by atoms with Gasteiger partial charge in [-0.1, -0.05) is 0 Å². The molecule has 39 heavy (non-hydrogen) atoms. The molecule has 0 fully saturated rings. The SMILES string of the molecule is CN(C(=O)c1cc2cc(C#N)ccc2[nH]1)C1CN(C(=O)OC(C)(C)C)Cc2[nH]c(=O)c3cc(F)c(F)cc3c21. The van der Waals surface area contributed by atoms with Crippen LogP contribution in [0.15, 0.2) is 41.2 Å². The van der Waals surface area contributed by atoms with E-state index in [1.807, 2.05) is 0 Å². The highest BCUT2D eigenvalue weighted by atomic mass is 19.2. The smallest absolute Gasteiger partial charge is 0.410 e. The van der Waals surface area contributed by atoms with Gasteiger partial charge in [0.05, 0.1) is 29.6 Å². The number of ether oxygens (including phenoxy) is 1. The third-order valence-corrected chi connectivity index (χ3v) is 6.68. The first kappa shape index (κ1) is 25.9. The second kappa shape index (κ2) is 9.23. The van der Waals surface area contributed by atoms with Crippen molar-refractivity contribution in [1.29, 1.82) is 5.26 Å². The van der Waals surface area contributed by atoms with Crippen LogP contribution in [0.3, 0.4) is 0 Å². The first-order valence-corrected chi connectivity index (χ1v) is 12.2. The van der Waals surface area contributed by atoms with Crippen molar-refractivity contribution in [3.8, 4) is 6.07 Å². The predicted molar refractivity (Wildman–Crippen MR) is 139 cm³/mol. The Morgan fingerprint density at radius 3 is 2.46 bits per heavy atom. The molecule has 5 rings (SSSR count). The molecule has 2 amide bonds. The number of hydrogen-bond acceptors (Lipinski definition) is 5. The molecule has 2 aromatic carbocycles. The van der Waals surface area contributed by atoms with Crippen LogP contribution in [0.5, 0.6) is 0 Å². The van der Waals surface area contributed by atoms with Gasteiger partial charge in [-0.2, -0.15) is 5.26 Å². The fraction of sp³-hybridized carbons (Fsp3) is 0.286. The number of halogens is 2. The van der Waals surface area contributed by atoms with Gasteiger partial charge in [-0.05, 0) is 62.6 Å². The van der Waals surface area contributed by atoms with Crippen molar-refractivity contribution in [3.63, 3.8) is 0 Å². The van der Waals surface area contributed by atoms with Crippen molar-refractivity contribution in [3.05, 3.63) is 80.9 Å². The lowest BCUT2D eigenvalue weighted by molar-refractivity contribution is 0.0142. The summed E-state index contributed by atoms with van der Waals surface area (Å²) in [7, 11) is 1.53. The fourth-order valence-electron chi connectivity index (χ4n) is 4.88. The number of likely N-dealkylation sites (N-methyl/N-ethyl adjacent to an activating group) is 1. The summed E-state index contributed by atoms with van der Waals surface area (Å²) >= 11 is 0. The minimum absolute atomic E-state index is 0.0247. The van der Waals surface area contributed by atoms with Crippen molar-refractivity contribution in [2.24, 2.45) is 0 Å². The average Bonchev–Trinajstić information content (AvgIpc) is 3.30. The lowest BCUT2D eigenvalue weighted by atomic mass is 9.92. The topological polar surface area (TPSA) is 122 Å². The quantitative estimate of drug-likeness (QED) is 0.386. The van der Waals surface area contributed by atoms with Gasteiger partial charge in [-0.15, -0.1) is 0 Å². The van der Waals surface area contributed by atoms with E-state index in [-0.39, 0.29) is 35.2 Å². The zero-order valence-corrected chi connectivity index (χ0v) is 21.7. The Morgan fingerprint density at radius 2 is 1.79 bits per heavy atom. The maximum Gasteiger partial charge on any atom is 0.410 e. The van der Waals surface area contributed by atoms with Crippen LogP contribution in [0.25, 0.3) is 21.7 Å². The van der Waals surface area contributed by atoms with Gasteiger partial charge in [0.25, 0.3) is 11.5 Å². The van der Waals surface area contributed by atoms with Gasteiger partial charge >= 0.3 is 6.09 Å². The summed E-state index contributed by atoms with van der Waals surface area (Å²) in [6.45, 7) is 5.07. The number of rotatable bonds is 2. The summed E-state index contributed by atoms with van der Waals surface area (Å²) in [4.78, 5) is 48.0. The molecule has 1 atom stereocenters. The van der Waals surface area contributed by atoms with Crippen LogP contribution in [0.2, 0.25) is 0 Å². The van der Waals surface area contributed by atoms with E-state index in [1.54, 1.807) is 45.0 Å². The minimum atomic E-state index is -1.17. The number of H-pyrrole nitrogens is 2. The number of aromatic nitrogens is 2. The van der Waals surface area contributed by atoms with E-state index >= 15 is 0 Å². The second-order valence-corrected chi connectivity index (χ2v) is 10.5. The minimum Gasteiger partial charge on any atom is -0.444 e. The molecule has 0 saturated heterocycles. The third kappa shape index (κ3) is 4.69. The van der Waals surface area contributed by atoms with E-state index in [0.29, 0.717) is 22.0 Å². The number of carbonyl (C=O) groups is 2. The van der Waals surface area contributed by atoms with E-state index in [4.69, 9.17) is 4.74 Å². The molecule has 200 valence electrons. The lowest BCUT2D eigenvalue weighted by Gasteiger charge is -2.39. The molecule has 11 heteroatoms. The summed E-state index contributed by atoms with van der Waals surface area (Å²) in [6.07, 6.45) is -0.653. The van der Waals surface area contributed by atoms with Crippen molar-refractivity contribution in [2.45, 2.75) is 39.0 Å². The standard InChI is InChI=1S/C28H25F2N5O4/c1-28(2,3)39-27(38)35-12-22-24(16-9-18(29)19(30)10-17(16)25(36)33-22)23(13-35)34(4)26(37)21-8-15-7-14(11-31)5-6-20(15)32-21/h5-10,23,32H,12-13H2,1-4H3,(H,33,36). The number of nitrogens with one attached hydrogen (secondary N) is 2. The van der Waals surface area contributed by atoms with E-state index in [2.05, 4.69) is 16.0 Å². The van der Waals surface area contributed by atoms with Crippen LogP contribution in [-0.4, -0.2) is 51.0 Å². The molecule has 0 radical (unpaired) electrons. The summed E-state index contributed by atoms with van der Waals surface area (Å²) in [5.74, 6) is -2.76. The van der Waals surface area contributed by atoms with Gasteiger partial charge < -0.3 is 19.6 Å². The molecular formula is C28H25F2N5O4. The van der Waals surface area contributed by atoms with Gasteiger partial charge in [-0.3, -0.25) is 14.5 Å². The summed E-state index contributed by atoms with van der Waals surface area (Å²) in [5, 5.41) is 9.94. The summed E-state index contributed by atoms with van der Waals surface area (Å²) in [5.41, 5.74) is 0.566. The van der Waals surface area contributed by atoms with Crippen LogP contribution in [0, 0.1) is 23.0 Å². The molecule has 0 spiro atoms. The molecule has 2 aromatic heterocycles. The number of nitrogens with zero attached hydrogens (tertiary/aromatic N) is 3. The maximum absolute atomic E-state index is 14.4. The number of hydrogen-bond donors (Lipinski definition) is 2. The predicted octanol–water partition coefficient (Wildman–Crippen LogP) is 4.72. The van der Waals surface area contributed by atoms with Gasteiger partial charge in [-0.25, -0.2) is 13.6 Å². The Balaban J connectivity index is 1.63. The number of carbonyl (C=O) groups excluding carboxylic acids is 2. The Hall–Kier alpha value is -4.72. The summed E-state index contributed by atoms with van der Waals surface area (Å²) < 4.78 is 34.0. The first-order valence-electron chi connectivity index (χ1n) is 12.2. The Morgan fingerprint density at radius 1 is 1.10 bits per heavy atom. The van der Waals surface area contributed by atoms with Gasteiger partial charge in [0.2, 0.25) is 0 Å². The monoisotopic (exact) mass is 533 g/mol. The Bertz CT molecular complexity index is 1760. The van der Waals surface area contributed by atoms with Gasteiger partial charge in [0.15, 0.2) is 11.6 Å². The molecule has 1 aliphatic heterocycles. The summed E-state index contributed by atoms with van der Waals surface area (Å²) in [6, 6.07) is 9.57. The molecule has 9 nitrogen and oxygen atoms in total. The number of pyridine rings is 1. The van der Waals surface area contributed by atoms with E-state index in [9.17, 15) is 28.4 Å². The van der Waals surface area contributed by atoms with Crippen LogP contribution in [0.1, 0.15) is 54.1 Å². The molecular weight excluding hydrogens is 508 g/mol. The Labute approximate surface area is 221 Å². The van der Waals surface area contributed by atoms with Crippen LogP contribution in [-0.2, 0) is 11.3 Å². The molecule has 3 heterocycles. The maximum atomic E-state index is 14.4. The largest absolute Gasteiger partial charge is 0.444 e. The van der Waals surface area contributed by atoms with E-state index < -0.39 is 40.8 Å². The first-order chi connectivity index (χ1) is 18.4. The Kier molecular flexibility index (Phi) is 6.13. The molecule has 0 aliphatic carbocycles. The number of aromatic amines is 2. The highest BCUT2D eigenvalue weighted by Crippen LogP contribution is 2.36. The normalized spacial score (nSPS) is 15.2. The molecule has 2 N–H and O–H groups in total.